The first-order chi connectivity index (χ1) is 13.0. The number of benzene rings is 2. The molecule has 1 N–H and O–H groups in total. The molecule has 0 saturated carbocycles. The average molecular weight is 390 g/mol. The topological polar surface area (TPSA) is 75.7 Å². The maximum Gasteiger partial charge on any atom is 0.248 e. The van der Waals surface area contributed by atoms with Gasteiger partial charge in [-0.15, -0.1) is 0 Å². The number of carbonyl (C=O) groups excluding carboxylic acids is 1. The zero-order chi connectivity index (χ0) is 19.3. The third-order valence-electron chi connectivity index (χ3n) is 4.01. The van der Waals surface area contributed by atoms with E-state index in [1.807, 2.05) is 30.3 Å². The summed E-state index contributed by atoms with van der Waals surface area (Å²) in [6.07, 6.45) is 2.96. The molecule has 6 nitrogen and oxygen atoms in total. The highest BCUT2D eigenvalue weighted by molar-refractivity contribution is 7.89. The van der Waals surface area contributed by atoms with E-state index in [0.717, 1.165) is 17.7 Å². The summed E-state index contributed by atoms with van der Waals surface area (Å²) in [5.41, 5.74) is 1.05. The van der Waals surface area contributed by atoms with E-state index in [0.29, 0.717) is 0 Å². The van der Waals surface area contributed by atoms with Gasteiger partial charge in [-0.25, -0.2) is 12.8 Å². The summed E-state index contributed by atoms with van der Waals surface area (Å²) in [7, 11) is -4.00. The minimum absolute atomic E-state index is 0.165. The Morgan fingerprint density at radius 3 is 2.52 bits per heavy atom. The third kappa shape index (κ3) is 4.79. The molecule has 1 aliphatic heterocycles. The molecule has 1 heterocycles. The molecule has 2 aromatic rings. The van der Waals surface area contributed by atoms with Crippen LogP contribution in [0.5, 0.6) is 0 Å². The number of ether oxygens (including phenoxy) is 1. The second kappa shape index (κ2) is 8.43. The highest BCUT2D eigenvalue weighted by Gasteiger charge is 2.29. The van der Waals surface area contributed by atoms with Crippen LogP contribution in [0.2, 0.25) is 0 Å². The highest BCUT2D eigenvalue weighted by atomic mass is 32.2. The fourth-order valence-electron chi connectivity index (χ4n) is 2.62. The molecule has 0 bridgehead atoms. The number of halogens is 1. The molecular weight excluding hydrogens is 371 g/mol. The number of anilines is 1. The van der Waals surface area contributed by atoms with Crippen LogP contribution < -0.4 is 5.32 Å². The molecule has 8 heteroatoms. The number of nitrogens with one attached hydrogen (secondary N) is 1. The van der Waals surface area contributed by atoms with E-state index in [-0.39, 0.29) is 32.0 Å². The van der Waals surface area contributed by atoms with Gasteiger partial charge < -0.3 is 10.1 Å². The normalized spacial score (nSPS) is 15.7. The van der Waals surface area contributed by atoms with Crippen molar-refractivity contribution < 1.29 is 22.3 Å². The van der Waals surface area contributed by atoms with Gasteiger partial charge in [0.1, 0.15) is 10.7 Å². The Bertz CT molecular complexity index is 939. The fraction of sp³-hybridized carbons (Fsp3) is 0.211. The Balaban J connectivity index is 1.77. The Morgan fingerprint density at radius 1 is 1.11 bits per heavy atom. The summed E-state index contributed by atoms with van der Waals surface area (Å²) in [6.45, 7) is 0.861. The van der Waals surface area contributed by atoms with Gasteiger partial charge >= 0.3 is 0 Å². The van der Waals surface area contributed by atoms with Crippen molar-refractivity contribution >= 4 is 27.7 Å². The maximum atomic E-state index is 14.2. The van der Waals surface area contributed by atoms with Crippen molar-refractivity contribution in [3.05, 3.63) is 66.0 Å². The molecule has 0 atom stereocenters. The van der Waals surface area contributed by atoms with Crippen LogP contribution in [0.25, 0.3) is 6.08 Å². The minimum atomic E-state index is -4.00. The molecule has 0 aromatic heterocycles. The quantitative estimate of drug-likeness (QED) is 0.796. The third-order valence-corrected chi connectivity index (χ3v) is 5.93. The van der Waals surface area contributed by atoms with E-state index in [9.17, 15) is 17.6 Å². The largest absolute Gasteiger partial charge is 0.379 e. The van der Waals surface area contributed by atoms with Crippen LogP contribution in [0.1, 0.15) is 5.56 Å². The predicted octanol–water partition coefficient (Wildman–Crippen LogP) is 2.50. The lowest BCUT2D eigenvalue weighted by atomic mass is 10.2. The number of amides is 1. The Labute approximate surface area is 157 Å². The number of hydrogen-bond acceptors (Lipinski definition) is 4. The lowest BCUT2D eigenvalue weighted by Crippen LogP contribution is -2.40. The SMILES string of the molecule is O=C(C=Cc1ccccc1)Nc1ccc(F)c(S(=O)(=O)N2CCOCC2)c1. The Morgan fingerprint density at radius 2 is 1.81 bits per heavy atom. The Kier molecular flexibility index (Phi) is 6.00. The molecule has 0 unspecified atom stereocenters. The number of carbonyl (C=O) groups is 1. The van der Waals surface area contributed by atoms with Crippen LogP contribution in [0, 0.1) is 5.82 Å². The van der Waals surface area contributed by atoms with Crippen LogP contribution in [0.15, 0.2) is 59.5 Å². The predicted molar refractivity (Wildman–Crippen MR) is 100 cm³/mol. The van der Waals surface area contributed by atoms with Crippen molar-refractivity contribution in [2.75, 3.05) is 31.6 Å². The standard InChI is InChI=1S/C19H19FN2O4S/c20-17-8-7-16(21-19(23)9-6-15-4-2-1-3-5-15)14-18(17)27(24,25)22-10-12-26-13-11-22/h1-9,14H,10-13H2,(H,21,23). The van der Waals surface area contributed by atoms with Crippen LogP contribution in [0.4, 0.5) is 10.1 Å². The number of sulfonamides is 1. The van der Waals surface area contributed by atoms with Gasteiger partial charge in [-0.3, -0.25) is 4.79 Å². The van der Waals surface area contributed by atoms with Crippen molar-refractivity contribution in [3.8, 4) is 0 Å². The van der Waals surface area contributed by atoms with Gasteiger partial charge in [-0.1, -0.05) is 30.3 Å². The summed E-state index contributed by atoms with van der Waals surface area (Å²) < 4.78 is 45.8. The zero-order valence-electron chi connectivity index (χ0n) is 14.5. The summed E-state index contributed by atoms with van der Waals surface area (Å²) in [4.78, 5) is 11.6. The molecule has 2 aromatic carbocycles. The first-order valence-corrected chi connectivity index (χ1v) is 9.82. The molecule has 0 aliphatic carbocycles. The maximum absolute atomic E-state index is 14.2. The monoisotopic (exact) mass is 390 g/mol. The summed E-state index contributed by atoms with van der Waals surface area (Å²) in [5.74, 6) is -1.31. The van der Waals surface area contributed by atoms with Crippen LogP contribution in [-0.2, 0) is 19.6 Å². The van der Waals surface area contributed by atoms with Crippen LogP contribution in [0.3, 0.4) is 0 Å². The van der Waals surface area contributed by atoms with Gasteiger partial charge in [0.05, 0.1) is 13.2 Å². The second-order valence-corrected chi connectivity index (χ2v) is 7.80. The summed E-state index contributed by atoms with van der Waals surface area (Å²) >= 11 is 0. The highest BCUT2D eigenvalue weighted by Crippen LogP contribution is 2.24. The molecule has 0 radical (unpaired) electrons. The van der Waals surface area contributed by atoms with E-state index in [1.54, 1.807) is 6.08 Å². The molecule has 0 spiro atoms. The minimum Gasteiger partial charge on any atom is -0.379 e. The fourth-order valence-corrected chi connectivity index (χ4v) is 4.12. The van der Waals surface area contributed by atoms with Crippen LogP contribution in [-0.4, -0.2) is 44.9 Å². The van der Waals surface area contributed by atoms with Crippen LogP contribution >= 0.6 is 0 Å². The smallest absolute Gasteiger partial charge is 0.248 e. The molecular formula is C19H19FN2O4S. The summed E-state index contributed by atoms with van der Waals surface area (Å²) in [5, 5.41) is 2.55. The molecule has 1 saturated heterocycles. The second-order valence-electron chi connectivity index (χ2n) is 5.89. The van der Waals surface area contributed by atoms with Gasteiger partial charge in [0.25, 0.3) is 0 Å². The molecule has 1 fully saturated rings. The number of hydrogen-bond donors (Lipinski definition) is 1. The Hall–Kier alpha value is -2.55. The molecule has 142 valence electrons. The van der Waals surface area contributed by atoms with Crippen molar-refractivity contribution in [2.24, 2.45) is 0 Å². The lowest BCUT2D eigenvalue weighted by molar-refractivity contribution is -0.111. The van der Waals surface area contributed by atoms with Crippen molar-refractivity contribution in [1.82, 2.24) is 4.31 Å². The molecule has 27 heavy (non-hydrogen) atoms. The molecule has 3 rings (SSSR count). The average Bonchev–Trinajstić information content (AvgIpc) is 2.69. The molecule has 1 amide bonds. The van der Waals surface area contributed by atoms with Gasteiger partial charge in [0.15, 0.2) is 0 Å². The van der Waals surface area contributed by atoms with E-state index in [4.69, 9.17) is 4.74 Å². The van der Waals surface area contributed by atoms with Crippen molar-refractivity contribution in [1.29, 1.82) is 0 Å². The van der Waals surface area contributed by atoms with E-state index < -0.39 is 26.6 Å². The number of rotatable bonds is 5. The lowest BCUT2D eigenvalue weighted by Gasteiger charge is -2.26. The first kappa shape index (κ1) is 19.2. The number of morpholine rings is 1. The van der Waals surface area contributed by atoms with E-state index in [2.05, 4.69) is 5.32 Å². The van der Waals surface area contributed by atoms with Crippen molar-refractivity contribution in [2.45, 2.75) is 4.90 Å². The van der Waals surface area contributed by atoms with E-state index in [1.165, 1.54) is 16.4 Å². The van der Waals surface area contributed by atoms with E-state index >= 15 is 0 Å². The first-order valence-electron chi connectivity index (χ1n) is 8.38. The van der Waals surface area contributed by atoms with Gasteiger partial charge in [0.2, 0.25) is 15.9 Å². The van der Waals surface area contributed by atoms with Gasteiger partial charge in [-0.05, 0) is 29.8 Å². The van der Waals surface area contributed by atoms with Crippen molar-refractivity contribution in [3.63, 3.8) is 0 Å². The number of nitrogens with zero attached hydrogens (tertiary/aromatic N) is 1. The zero-order valence-corrected chi connectivity index (χ0v) is 15.3. The van der Waals surface area contributed by atoms with Gasteiger partial charge in [-0.2, -0.15) is 4.31 Å². The summed E-state index contributed by atoms with van der Waals surface area (Å²) in [6, 6.07) is 12.7. The molecule has 1 aliphatic rings. The van der Waals surface area contributed by atoms with Gasteiger partial charge in [0, 0.05) is 24.9 Å².